The van der Waals surface area contributed by atoms with E-state index >= 15 is 0 Å². The van der Waals surface area contributed by atoms with Crippen LogP contribution in [0.5, 0.6) is 0 Å². The second-order valence-corrected chi connectivity index (χ2v) is 21.0. The van der Waals surface area contributed by atoms with Crippen molar-refractivity contribution in [3.8, 4) is 0 Å². The molecule has 32 nitrogen and oxygen atoms in total. The number of amides is 2. The molecule has 0 saturated carbocycles. The summed E-state index contributed by atoms with van der Waals surface area (Å²) in [6.07, 6.45) is 8.48. The third kappa shape index (κ3) is 51.1. The van der Waals surface area contributed by atoms with Gasteiger partial charge < -0.3 is 56.5 Å². The highest BCUT2D eigenvalue weighted by Gasteiger charge is 2.12. The number of nitrogens with one attached hydrogen (secondary N) is 2. The summed E-state index contributed by atoms with van der Waals surface area (Å²) in [5, 5.41) is 36.8. The van der Waals surface area contributed by atoms with E-state index in [4.69, 9.17) is 64.1 Å². The van der Waals surface area contributed by atoms with Crippen molar-refractivity contribution in [1.29, 1.82) is 0 Å². The number of unbranched alkanes of at least 4 members (excludes halogenated alkanes) is 5. The first kappa shape index (κ1) is 71.0. The molecule has 36 heteroatoms. The molecular weight excluding hydrogens is 1060 g/mol. The van der Waals surface area contributed by atoms with Crippen LogP contribution in [0.3, 0.4) is 0 Å². The minimum Gasteiger partial charge on any atom is -0.369 e. The second kappa shape index (κ2) is 35.0. The average molecular weight is 1130 g/mol. The summed E-state index contributed by atoms with van der Waals surface area (Å²) in [6.45, 7) is 6.92. The van der Waals surface area contributed by atoms with E-state index in [1.807, 2.05) is 0 Å². The highest BCUT2D eigenvalue weighted by molar-refractivity contribution is 7.85. The van der Waals surface area contributed by atoms with Gasteiger partial charge in [-0.2, -0.15) is 54.1 Å². The third-order valence-corrected chi connectivity index (χ3v) is 7.42. The minimum atomic E-state index is -3.67. The summed E-state index contributed by atoms with van der Waals surface area (Å²) in [6, 6.07) is 10.7. The summed E-state index contributed by atoms with van der Waals surface area (Å²) in [5.74, 6) is -1.03. The lowest BCUT2D eigenvalue weighted by Crippen LogP contribution is -2.22. The maximum absolute atomic E-state index is 12.8. The molecule has 0 aromatic heterocycles. The van der Waals surface area contributed by atoms with Gasteiger partial charge in [0.25, 0.3) is 40.5 Å². The van der Waals surface area contributed by atoms with E-state index in [9.17, 15) is 43.3 Å². The number of benzene rings is 2. The Hall–Kier alpha value is -7.22. The van der Waals surface area contributed by atoms with Crippen LogP contribution in [0.15, 0.2) is 77.2 Å². The quantitative estimate of drug-likeness (QED) is 0.0274. The number of rotatable bonds is 19. The first-order valence-corrected chi connectivity index (χ1v) is 28.1. The van der Waals surface area contributed by atoms with Gasteiger partial charge in [-0.15, -0.1) is 20.4 Å². The van der Waals surface area contributed by atoms with Gasteiger partial charge in [-0.3, -0.25) is 27.8 Å². The van der Waals surface area contributed by atoms with Gasteiger partial charge in [-0.1, -0.05) is 25.7 Å². The second-order valence-electron chi connectivity index (χ2n) is 15.1. The minimum absolute atomic E-state index is 0.143. The number of carbonyl (C=O) groups excluding carboxylic acids is 2. The predicted molar refractivity (Wildman–Crippen MR) is 289 cm³/mol. The van der Waals surface area contributed by atoms with Gasteiger partial charge in [-0.25, -0.2) is 0 Å². The molecule has 0 aliphatic rings. The van der Waals surface area contributed by atoms with Crippen molar-refractivity contribution < 1.29 is 61.5 Å². The van der Waals surface area contributed by atoms with E-state index < -0.39 is 40.5 Å². The number of anilines is 2. The first-order valence-electron chi connectivity index (χ1n) is 20.7. The molecule has 0 atom stereocenters. The van der Waals surface area contributed by atoms with Gasteiger partial charge in [0.2, 0.25) is 35.7 Å². The highest BCUT2D eigenvalue weighted by atomic mass is 32.2. The van der Waals surface area contributed by atoms with Crippen molar-refractivity contribution in [2.75, 3.05) is 35.7 Å². The van der Waals surface area contributed by atoms with Gasteiger partial charge >= 0.3 is 0 Å². The summed E-state index contributed by atoms with van der Waals surface area (Å²) in [5.41, 5.74) is 49.0. The Morgan fingerprint density at radius 1 is 0.378 bits per heavy atom. The number of hydrogen-bond acceptors (Lipinski definition) is 18. The van der Waals surface area contributed by atoms with Crippen molar-refractivity contribution in [3.05, 3.63) is 58.7 Å². The fraction of sp³-hybridized carbons (Fsp3) is 0.421. The maximum Gasteiger partial charge on any atom is 0.261 e. The molecule has 2 rings (SSSR count). The Labute approximate surface area is 430 Å². The van der Waals surface area contributed by atoms with Crippen LogP contribution in [0.1, 0.15) is 101 Å². The number of nitrogens with zero attached hydrogens (tertiary/aromatic N) is 8. The van der Waals surface area contributed by atoms with Crippen LogP contribution in [0.2, 0.25) is 0 Å². The molecule has 74 heavy (non-hydrogen) atoms. The van der Waals surface area contributed by atoms with Crippen LogP contribution in [0.4, 0.5) is 11.4 Å². The molecule has 0 saturated heterocycles. The van der Waals surface area contributed by atoms with Gasteiger partial charge in [0.05, 0.1) is 47.9 Å². The zero-order valence-electron chi connectivity index (χ0n) is 41.8. The van der Waals surface area contributed by atoms with E-state index in [1.165, 1.54) is 0 Å². The third-order valence-electron chi connectivity index (χ3n) is 7.42. The van der Waals surface area contributed by atoms with Crippen molar-refractivity contribution in [1.82, 2.24) is 0 Å². The molecule has 0 bridgehead atoms. The first-order chi connectivity index (χ1) is 33.5. The summed E-state index contributed by atoms with van der Waals surface area (Å²) in [4.78, 5) is 25.7. The summed E-state index contributed by atoms with van der Waals surface area (Å²) in [7, 11) is -14.7. The molecule has 2 aromatic carbocycles. The van der Waals surface area contributed by atoms with E-state index in [0.717, 1.165) is 25.7 Å². The molecule has 418 valence electrons. The van der Waals surface area contributed by atoms with Crippen LogP contribution < -0.4 is 56.5 Å². The van der Waals surface area contributed by atoms with Crippen molar-refractivity contribution in [2.45, 2.75) is 79.1 Å². The van der Waals surface area contributed by atoms with Crippen molar-refractivity contribution >= 4 is 110 Å². The SMILES string of the molecule is C/C(=N/N=C(N)N)c1cc(NC(=O)CCCCCCCCC(=O)Nc2cc(/C(C)=N\N=C(N)N)cc(/C(C)=N/N=C(N)N)c2)cc(/C(C)=N/N=C(N)N)c1.CS(=O)(=O)O.CS(=O)(=O)O.CS(=O)(=O)O.CS(=O)(=O)O. The molecule has 0 aliphatic heterocycles. The molecule has 0 heterocycles. The molecule has 2 amide bonds. The topological polar surface area (TPSA) is 583 Å². The smallest absolute Gasteiger partial charge is 0.261 e. The predicted octanol–water partition coefficient (Wildman–Crippen LogP) is -0.610. The summed E-state index contributed by atoms with van der Waals surface area (Å²) < 4.78 is 103. The van der Waals surface area contributed by atoms with Crippen LogP contribution in [-0.4, -0.2) is 135 Å². The molecule has 0 radical (unpaired) electrons. The Morgan fingerprint density at radius 3 is 0.730 bits per heavy atom. The van der Waals surface area contributed by atoms with Crippen LogP contribution in [-0.2, 0) is 50.1 Å². The van der Waals surface area contributed by atoms with Crippen LogP contribution >= 0.6 is 0 Å². The molecular formula is C38H68N18O14S4. The monoisotopic (exact) mass is 1130 g/mol. The highest BCUT2D eigenvalue weighted by Crippen LogP contribution is 2.20. The Morgan fingerprint density at radius 2 is 0.554 bits per heavy atom. The normalized spacial score (nSPS) is 11.9. The van der Waals surface area contributed by atoms with E-state index in [0.29, 0.717) is 107 Å². The average Bonchev–Trinajstić information content (AvgIpc) is 3.21. The van der Waals surface area contributed by atoms with Crippen LogP contribution in [0, 0.1) is 0 Å². The lowest BCUT2D eigenvalue weighted by atomic mass is 10.0. The fourth-order valence-corrected chi connectivity index (χ4v) is 4.72. The Kier molecular flexibility index (Phi) is 33.6. The van der Waals surface area contributed by atoms with Gasteiger partial charge in [-0.05, 0) is 76.9 Å². The maximum atomic E-state index is 12.8. The van der Waals surface area contributed by atoms with Crippen molar-refractivity contribution in [2.24, 2.45) is 86.7 Å². The van der Waals surface area contributed by atoms with Gasteiger partial charge in [0, 0.05) is 46.5 Å². The molecule has 22 N–H and O–H groups in total. The number of guanidine groups is 4. The molecule has 0 unspecified atom stereocenters. The molecule has 0 aliphatic carbocycles. The largest absolute Gasteiger partial charge is 0.369 e. The standard InChI is InChI=1S/C34H52N18O2.4CH4O3S/c1-19(45-49-31(35)36)23-13-24(20(2)46-50-32(37)38)16-27(15-23)43-29(53)11-9-7-5-6-8-10-12-30(54)44-28-17-25(21(3)47-51-33(39)40)14-26(18-28)22(4)48-52-34(41)42;4*1-5(2,3)4/h13-18H,5-12H2,1-4H3,(H,43,53)(H,44,54)(H4,35,36,49)(H4,37,38,50)(H4,39,40,51)(H4,41,42,52);4*1H3,(H,2,3,4)/b45-19-,46-20+,47-21-,48-22+;;;;. The van der Waals surface area contributed by atoms with Crippen molar-refractivity contribution in [3.63, 3.8) is 0 Å². The van der Waals surface area contributed by atoms with E-state index in [1.54, 1.807) is 64.1 Å². The molecule has 0 spiro atoms. The zero-order valence-corrected chi connectivity index (χ0v) is 45.1. The fourth-order valence-electron chi connectivity index (χ4n) is 4.72. The number of nitrogens with two attached hydrogens (primary N) is 8. The van der Waals surface area contributed by atoms with E-state index in [2.05, 4.69) is 51.4 Å². The zero-order chi connectivity index (χ0) is 58.2. The lowest BCUT2D eigenvalue weighted by molar-refractivity contribution is -0.117. The number of carbonyl (C=O) groups is 2. The Balaban J connectivity index is -0.00000212. The lowest BCUT2D eigenvalue weighted by Gasteiger charge is -2.11. The van der Waals surface area contributed by atoms with E-state index in [-0.39, 0.29) is 35.7 Å². The van der Waals surface area contributed by atoms with Gasteiger partial charge in [0.15, 0.2) is 0 Å². The van der Waals surface area contributed by atoms with Gasteiger partial charge in [0.1, 0.15) is 0 Å². The summed E-state index contributed by atoms with van der Waals surface area (Å²) >= 11 is 0. The molecule has 2 aromatic rings. The van der Waals surface area contributed by atoms with Crippen LogP contribution in [0.25, 0.3) is 0 Å². The molecule has 0 fully saturated rings. The number of hydrogen-bond donors (Lipinski definition) is 14. The Bertz CT molecular complexity index is 2500.